The molecule has 0 aliphatic rings. The topological polar surface area (TPSA) is 19.4 Å². The lowest BCUT2D eigenvalue weighted by Gasteiger charge is -2.31. The van der Waals surface area contributed by atoms with Crippen LogP contribution in [0.3, 0.4) is 0 Å². The fourth-order valence-corrected chi connectivity index (χ4v) is 14.3. The number of anilines is 18. The highest BCUT2D eigenvalue weighted by molar-refractivity contribution is 6.07. The quantitative estimate of drug-likeness (QED) is 0.0847. The summed E-state index contributed by atoms with van der Waals surface area (Å²) in [6.45, 7) is 0. The van der Waals surface area contributed by atoms with Crippen LogP contribution in [0.15, 0.2) is 413 Å². The lowest BCUT2D eigenvalue weighted by atomic mass is 10.0. The van der Waals surface area contributed by atoms with Gasteiger partial charge in [-0.15, -0.1) is 0 Å². The van der Waals surface area contributed by atoms with Crippen molar-refractivity contribution in [3.63, 3.8) is 0 Å². The van der Waals surface area contributed by atoms with Crippen LogP contribution in [0.4, 0.5) is 102 Å². The molecule has 0 bridgehead atoms. The zero-order chi connectivity index (χ0) is 66.6. The molecule has 0 heterocycles. The number of benzene rings is 17. The van der Waals surface area contributed by atoms with Crippen LogP contribution in [0.5, 0.6) is 0 Å². The molecule has 0 saturated carbocycles. The van der Waals surface area contributed by atoms with Crippen molar-refractivity contribution >= 4 is 145 Å². The Bertz CT molecular complexity index is 5130. The van der Waals surface area contributed by atoms with Crippen LogP contribution in [-0.4, -0.2) is 0 Å². The van der Waals surface area contributed by atoms with E-state index in [0.29, 0.717) is 0 Å². The van der Waals surface area contributed by atoms with Crippen LogP contribution in [0.2, 0.25) is 0 Å². The molecule has 17 aromatic rings. The van der Waals surface area contributed by atoms with Gasteiger partial charge in [0.15, 0.2) is 0 Å². The van der Waals surface area contributed by atoms with Crippen LogP contribution < -0.4 is 29.4 Å². The van der Waals surface area contributed by atoms with Gasteiger partial charge in [0.2, 0.25) is 0 Å². The van der Waals surface area contributed by atoms with Crippen LogP contribution >= 0.6 is 0 Å². The van der Waals surface area contributed by atoms with Crippen molar-refractivity contribution < 1.29 is 0 Å². The number of hydrogen-bond acceptors (Lipinski definition) is 6. The van der Waals surface area contributed by atoms with Gasteiger partial charge < -0.3 is 29.4 Å². The number of fused-ring (bicyclic) bond motifs is 4. The summed E-state index contributed by atoms with van der Waals surface area (Å²) in [6, 6.07) is 148. The molecule has 6 heteroatoms. The van der Waals surface area contributed by atoms with Gasteiger partial charge in [0.05, 0.1) is 22.7 Å². The number of hydrogen-bond donors (Lipinski definition) is 0. The van der Waals surface area contributed by atoms with Crippen molar-refractivity contribution in [2.24, 2.45) is 0 Å². The van der Waals surface area contributed by atoms with E-state index in [1.807, 2.05) is 0 Å². The van der Waals surface area contributed by atoms with Gasteiger partial charge >= 0.3 is 0 Å². The maximum absolute atomic E-state index is 2.41. The molecule has 0 amide bonds. The van der Waals surface area contributed by atoms with Crippen molar-refractivity contribution in [1.29, 1.82) is 0 Å². The summed E-state index contributed by atoms with van der Waals surface area (Å²) in [4.78, 5) is 14.2. The highest BCUT2D eigenvalue weighted by atomic mass is 15.2. The number of rotatable bonds is 18. The SMILES string of the molecule is c1ccc(N(c2ccc(N(c3ccccc3)c3ccc(N(c4ccccc4)c4ccc(N(c5cccc6ccccc56)c5cccc6ccccc56)cc4)cc3)cc2)c2ccc(N(c3ccccc3)c3ccc(N(c4cccc5ccccc45)c4cccc5ccccc45)cc3)cc2)cc1. The third-order valence-electron chi connectivity index (χ3n) is 18.9. The molecule has 6 nitrogen and oxygen atoms in total. The van der Waals surface area contributed by atoms with Crippen molar-refractivity contribution in [2.45, 2.75) is 0 Å². The van der Waals surface area contributed by atoms with Crippen molar-refractivity contribution in [2.75, 3.05) is 29.4 Å². The predicted octanol–water partition coefficient (Wildman–Crippen LogP) is 27.1. The molecular weight excluding hydrogens is 1210 g/mol. The first kappa shape index (κ1) is 60.3. The van der Waals surface area contributed by atoms with Crippen molar-refractivity contribution in [3.05, 3.63) is 413 Å². The van der Waals surface area contributed by atoms with Gasteiger partial charge in [0.25, 0.3) is 0 Å². The standard InChI is InChI=1S/C94H68N6/c1-5-33-73(34-6-1)95(79-53-57-81(58-54-79)97(75-37-9-3-10-38-75)83-61-65-85(66-62-83)99(91-45-21-29-69-25-13-17-41-87(69)91)92-46-22-30-70-26-14-18-42-88(70)92)77-49-51-78(52-50-77)96(74-35-7-2-8-36-74)80-55-59-82(60-56-80)98(76-39-11-4-12-40-76)84-63-67-86(68-64-84)100(93-47-23-31-71-27-15-19-43-89(71)93)94-48-24-32-72-28-16-20-44-90(72)94/h1-68H. The third kappa shape index (κ3) is 11.7. The Morgan fingerprint density at radius 3 is 0.430 bits per heavy atom. The van der Waals surface area contributed by atoms with Gasteiger partial charge in [0, 0.05) is 101 Å². The Morgan fingerprint density at radius 1 is 0.100 bits per heavy atom. The fraction of sp³-hybridized carbons (Fsp3) is 0. The second-order valence-electron chi connectivity index (χ2n) is 24.9. The van der Waals surface area contributed by atoms with E-state index < -0.39 is 0 Å². The minimum Gasteiger partial charge on any atom is -0.311 e. The largest absolute Gasteiger partial charge is 0.311 e. The van der Waals surface area contributed by atoms with E-state index >= 15 is 0 Å². The van der Waals surface area contributed by atoms with E-state index in [4.69, 9.17) is 0 Å². The van der Waals surface area contributed by atoms with E-state index in [2.05, 4.69) is 442 Å². The van der Waals surface area contributed by atoms with Crippen molar-refractivity contribution in [1.82, 2.24) is 0 Å². The molecule has 474 valence electrons. The van der Waals surface area contributed by atoms with Crippen LogP contribution in [0.25, 0.3) is 43.1 Å². The summed E-state index contributed by atoms with van der Waals surface area (Å²) in [7, 11) is 0. The third-order valence-corrected chi connectivity index (χ3v) is 18.9. The highest BCUT2D eigenvalue weighted by Crippen LogP contribution is 2.48. The molecular formula is C94H68N6. The van der Waals surface area contributed by atoms with Crippen LogP contribution in [-0.2, 0) is 0 Å². The van der Waals surface area contributed by atoms with Gasteiger partial charge in [-0.3, -0.25) is 0 Å². The van der Waals surface area contributed by atoms with E-state index in [-0.39, 0.29) is 0 Å². The maximum Gasteiger partial charge on any atom is 0.0540 e. The number of para-hydroxylation sites is 4. The lowest BCUT2D eigenvalue weighted by Crippen LogP contribution is -2.14. The van der Waals surface area contributed by atoms with Gasteiger partial charge in [0.1, 0.15) is 0 Å². The molecule has 0 atom stereocenters. The second-order valence-corrected chi connectivity index (χ2v) is 24.9. The van der Waals surface area contributed by atoms with Crippen LogP contribution in [0, 0.1) is 0 Å². The molecule has 17 aromatic carbocycles. The molecule has 0 unspecified atom stereocenters. The minimum atomic E-state index is 1.03. The predicted molar refractivity (Wildman–Crippen MR) is 425 cm³/mol. The lowest BCUT2D eigenvalue weighted by molar-refractivity contribution is 1.24. The molecule has 0 saturated heterocycles. The Morgan fingerprint density at radius 2 is 0.240 bits per heavy atom. The Kier molecular flexibility index (Phi) is 16.3. The molecule has 0 radical (unpaired) electrons. The first-order valence-corrected chi connectivity index (χ1v) is 34.1. The van der Waals surface area contributed by atoms with Gasteiger partial charge in [-0.25, -0.2) is 0 Å². The fourth-order valence-electron chi connectivity index (χ4n) is 14.3. The summed E-state index contributed by atoms with van der Waals surface area (Å²) in [5.41, 5.74) is 19.2. The Labute approximate surface area is 583 Å². The molecule has 0 aromatic heterocycles. The summed E-state index contributed by atoms with van der Waals surface area (Å²) in [6.07, 6.45) is 0. The monoisotopic (exact) mass is 1280 g/mol. The van der Waals surface area contributed by atoms with E-state index in [0.717, 1.165) is 102 Å². The zero-order valence-corrected chi connectivity index (χ0v) is 54.9. The average Bonchev–Trinajstić information content (AvgIpc) is 0.768. The van der Waals surface area contributed by atoms with E-state index in [1.165, 1.54) is 43.1 Å². The molecule has 0 aliphatic heterocycles. The molecule has 100 heavy (non-hydrogen) atoms. The normalized spacial score (nSPS) is 11.2. The van der Waals surface area contributed by atoms with Gasteiger partial charge in [-0.2, -0.15) is 0 Å². The van der Waals surface area contributed by atoms with E-state index in [1.54, 1.807) is 0 Å². The van der Waals surface area contributed by atoms with E-state index in [9.17, 15) is 0 Å². The molecule has 0 N–H and O–H groups in total. The average molecular weight is 1280 g/mol. The zero-order valence-electron chi connectivity index (χ0n) is 54.9. The van der Waals surface area contributed by atoms with Gasteiger partial charge in [-0.1, -0.05) is 218 Å². The first-order chi connectivity index (χ1) is 49.6. The summed E-state index contributed by atoms with van der Waals surface area (Å²) in [5, 5.41) is 9.54. The summed E-state index contributed by atoms with van der Waals surface area (Å²) >= 11 is 0. The Hall–Kier alpha value is -13.4. The number of nitrogens with zero attached hydrogens (tertiary/aromatic N) is 6. The smallest absolute Gasteiger partial charge is 0.0540 e. The highest BCUT2D eigenvalue weighted by Gasteiger charge is 2.24. The first-order valence-electron chi connectivity index (χ1n) is 34.1. The van der Waals surface area contributed by atoms with Gasteiger partial charge in [-0.05, 0) is 216 Å². The Balaban J connectivity index is 0.686. The summed E-state index contributed by atoms with van der Waals surface area (Å²) < 4.78 is 0. The maximum atomic E-state index is 2.41. The minimum absolute atomic E-state index is 1.03. The molecule has 0 fully saturated rings. The van der Waals surface area contributed by atoms with Crippen LogP contribution in [0.1, 0.15) is 0 Å². The summed E-state index contributed by atoms with van der Waals surface area (Å²) in [5.74, 6) is 0. The van der Waals surface area contributed by atoms with Crippen molar-refractivity contribution in [3.8, 4) is 0 Å². The molecule has 17 rings (SSSR count). The molecule has 0 aliphatic carbocycles. The molecule has 0 spiro atoms. The second kappa shape index (κ2) is 27.0.